The zero-order valence-electron chi connectivity index (χ0n) is 9.41. The molecule has 1 aliphatic carbocycles. The molecule has 0 spiro atoms. The number of rotatable bonds is 3. The quantitative estimate of drug-likeness (QED) is 0.442. The van der Waals surface area contributed by atoms with Crippen LogP contribution in [0.5, 0.6) is 0 Å². The van der Waals surface area contributed by atoms with E-state index in [4.69, 9.17) is 10.6 Å². The molecule has 0 unspecified atom stereocenters. The number of nitrogens with one attached hydrogen (secondary N) is 1. The minimum atomic E-state index is -0.288. The molecule has 3 N–H and O–H groups in total. The summed E-state index contributed by atoms with van der Waals surface area (Å²) >= 11 is 0. The van der Waals surface area contributed by atoms with Crippen LogP contribution < -0.4 is 11.3 Å². The summed E-state index contributed by atoms with van der Waals surface area (Å²) in [7, 11) is 0. The Balaban J connectivity index is 0.00000196. The van der Waals surface area contributed by atoms with E-state index in [1.165, 1.54) is 0 Å². The van der Waals surface area contributed by atoms with Crippen LogP contribution >= 0.6 is 12.4 Å². The molecule has 1 saturated carbocycles. The van der Waals surface area contributed by atoms with Crippen LogP contribution in [0.15, 0.2) is 0 Å². The van der Waals surface area contributed by atoms with Gasteiger partial charge in [0.25, 0.3) is 0 Å². The van der Waals surface area contributed by atoms with E-state index in [0.717, 1.165) is 25.7 Å². The maximum atomic E-state index is 11.6. The summed E-state index contributed by atoms with van der Waals surface area (Å²) in [5.41, 5.74) is 2.47. The first-order chi connectivity index (χ1) is 6.62. The van der Waals surface area contributed by atoms with Crippen molar-refractivity contribution in [2.24, 2.45) is 11.3 Å². The summed E-state index contributed by atoms with van der Waals surface area (Å²) in [5.74, 6) is 5.30. The van der Waals surface area contributed by atoms with Gasteiger partial charge >= 0.3 is 5.97 Å². The minimum Gasteiger partial charge on any atom is -0.466 e. The summed E-state index contributed by atoms with van der Waals surface area (Å²) in [5, 5.41) is 0. The van der Waals surface area contributed by atoms with E-state index in [-0.39, 0.29) is 23.8 Å². The van der Waals surface area contributed by atoms with Gasteiger partial charge in [0.2, 0.25) is 0 Å². The molecule has 90 valence electrons. The van der Waals surface area contributed by atoms with Gasteiger partial charge in [0.05, 0.1) is 12.0 Å². The standard InChI is InChI=1S/C10H20N2O2.ClH/c1-3-14-9(13)10(2)6-4-8(12-11)5-7-10;/h8,12H,3-7,11H2,1-2H3;1H/t8-,10-;. The van der Waals surface area contributed by atoms with Crippen LogP contribution in [0.25, 0.3) is 0 Å². The normalized spacial score (nSPS) is 30.5. The number of carbonyl (C=O) groups excluding carboxylic acids is 1. The highest BCUT2D eigenvalue weighted by molar-refractivity contribution is 5.85. The summed E-state index contributed by atoms with van der Waals surface area (Å²) in [6.45, 7) is 4.29. The number of hydrazine groups is 1. The summed E-state index contributed by atoms with van der Waals surface area (Å²) in [6.07, 6.45) is 3.62. The number of hydrogen-bond donors (Lipinski definition) is 2. The Morgan fingerprint density at radius 2 is 2.07 bits per heavy atom. The Labute approximate surface area is 97.3 Å². The van der Waals surface area contributed by atoms with Crippen LogP contribution in [0.1, 0.15) is 39.5 Å². The Hall–Kier alpha value is -0.320. The van der Waals surface area contributed by atoms with E-state index in [1.807, 2.05) is 13.8 Å². The first-order valence-electron chi connectivity index (χ1n) is 5.25. The lowest BCUT2D eigenvalue weighted by Gasteiger charge is -2.34. The van der Waals surface area contributed by atoms with Crippen molar-refractivity contribution in [3.8, 4) is 0 Å². The van der Waals surface area contributed by atoms with Crippen LogP contribution in [-0.4, -0.2) is 18.6 Å². The average Bonchev–Trinajstić information content (AvgIpc) is 2.19. The van der Waals surface area contributed by atoms with Gasteiger partial charge in [0.1, 0.15) is 0 Å². The summed E-state index contributed by atoms with van der Waals surface area (Å²) < 4.78 is 5.06. The van der Waals surface area contributed by atoms with Crippen molar-refractivity contribution in [3.05, 3.63) is 0 Å². The number of esters is 1. The molecule has 1 aliphatic rings. The number of nitrogens with two attached hydrogens (primary N) is 1. The molecule has 0 bridgehead atoms. The van der Waals surface area contributed by atoms with Crippen molar-refractivity contribution in [3.63, 3.8) is 0 Å². The van der Waals surface area contributed by atoms with Gasteiger partial charge in [-0.15, -0.1) is 12.4 Å². The van der Waals surface area contributed by atoms with E-state index in [2.05, 4.69) is 5.43 Å². The fraction of sp³-hybridized carbons (Fsp3) is 0.900. The van der Waals surface area contributed by atoms with E-state index >= 15 is 0 Å². The Morgan fingerprint density at radius 3 is 2.47 bits per heavy atom. The van der Waals surface area contributed by atoms with Crippen LogP contribution in [0.2, 0.25) is 0 Å². The largest absolute Gasteiger partial charge is 0.466 e. The highest BCUT2D eigenvalue weighted by atomic mass is 35.5. The molecule has 0 heterocycles. The average molecular weight is 237 g/mol. The summed E-state index contributed by atoms with van der Waals surface area (Å²) in [6, 6.07) is 0.359. The molecule has 5 heteroatoms. The zero-order chi connectivity index (χ0) is 10.6. The molecule has 1 rings (SSSR count). The van der Waals surface area contributed by atoms with Gasteiger partial charge in [0, 0.05) is 6.04 Å². The first kappa shape index (κ1) is 14.7. The molecule has 0 amide bonds. The van der Waals surface area contributed by atoms with Gasteiger partial charge in [-0.3, -0.25) is 16.1 Å². The van der Waals surface area contributed by atoms with Crippen LogP contribution in [0.3, 0.4) is 0 Å². The molecule has 15 heavy (non-hydrogen) atoms. The molecule has 0 aliphatic heterocycles. The second kappa shape index (κ2) is 6.30. The van der Waals surface area contributed by atoms with E-state index < -0.39 is 0 Å². The van der Waals surface area contributed by atoms with Crippen LogP contribution in [0.4, 0.5) is 0 Å². The van der Waals surface area contributed by atoms with Crippen molar-refractivity contribution in [2.45, 2.75) is 45.6 Å². The highest BCUT2D eigenvalue weighted by Gasteiger charge is 2.38. The first-order valence-corrected chi connectivity index (χ1v) is 5.25. The smallest absolute Gasteiger partial charge is 0.311 e. The van der Waals surface area contributed by atoms with E-state index in [1.54, 1.807) is 0 Å². The third-order valence-electron chi connectivity index (χ3n) is 3.09. The fourth-order valence-corrected chi connectivity index (χ4v) is 1.93. The molecule has 1 fully saturated rings. The molecule has 0 aromatic rings. The maximum absolute atomic E-state index is 11.6. The number of hydrogen-bond acceptors (Lipinski definition) is 4. The van der Waals surface area contributed by atoms with Crippen molar-refractivity contribution in [1.82, 2.24) is 5.43 Å². The van der Waals surface area contributed by atoms with Crippen molar-refractivity contribution < 1.29 is 9.53 Å². The maximum Gasteiger partial charge on any atom is 0.311 e. The third kappa shape index (κ3) is 3.63. The lowest BCUT2D eigenvalue weighted by molar-refractivity contribution is -0.156. The highest BCUT2D eigenvalue weighted by Crippen LogP contribution is 2.36. The van der Waals surface area contributed by atoms with Gasteiger partial charge in [-0.05, 0) is 39.5 Å². The van der Waals surface area contributed by atoms with Crippen LogP contribution in [0, 0.1) is 5.41 Å². The topological polar surface area (TPSA) is 64.3 Å². The number of carbonyl (C=O) groups is 1. The zero-order valence-corrected chi connectivity index (χ0v) is 10.2. The molecular formula is C10H21ClN2O2. The molecule has 0 saturated heterocycles. The number of halogens is 1. The van der Waals surface area contributed by atoms with E-state index in [9.17, 15) is 4.79 Å². The van der Waals surface area contributed by atoms with Gasteiger partial charge in [-0.2, -0.15) is 0 Å². The second-order valence-corrected chi connectivity index (χ2v) is 4.22. The lowest BCUT2D eigenvalue weighted by Crippen LogP contribution is -2.43. The monoisotopic (exact) mass is 236 g/mol. The molecule has 0 aromatic heterocycles. The van der Waals surface area contributed by atoms with Gasteiger partial charge < -0.3 is 4.74 Å². The lowest BCUT2D eigenvalue weighted by atomic mass is 9.74. The molecule has 0 atom stereocenters. The predicted octanol–water partition coefficient (Wildman–Crippen LogP) is 1.38. The molecule has 0 radical (unpaired) electrons. The number of ether oxygens (including phenoxy) is 1. The van der Waals surface area contributed by atoms with Crippen molar-refractivity contribution >= 4 is 18.4 Å². The molecule has 0 aromatic carbocycles. The minimum absolute atomic E-state index is 0. The van der Waals surface area contributed by atoms with Crippen LogP contribution in [-0.2, 0) is 9.53 Å². The Morgan fingerprint density at radius 1 is 1.53 bits per heavy atom. The molecular weight excluding hydrogens is 216 g/mol. The van der Waals surface area contributed by atoms with Crippen molar-refractivity contribution in [2.75, 3.05) is 6.61 Å². The van der Waals surface area contributed by atoms with Gasteiger partial charge in [-0.1, -0.05) is 0 Å². The van der Waals surface area contributed by atoms with E-state index in [0.29, 0.717) is 12.6 Å². The fourth-order valence-electron chi connectivity index (χ4n) is 1.93. The Kier molecular flexibility index (Phi) is 6.17. The van der Waals surface area contributed by atoms with Gasteiger partial charge in [0.15, 0.2) is 0 Å². The summed E-state index contributed by atoms with van der Waals surface area (Å²) in [4.78, 5) is 11.6. The predicted molar refractivity (Wildman–Crippen MR) is 61.6 cm³/mol. The second-order valence-electron chi connectivity index (χ2n) is 4.22. The molecule has 4 nitrogen and oxygen atoms in total. The Bertz CT molecular complexity index is 204. The SMILES string of the molecule is CCOC(=O)[C@]1(C)CC[C@@H](NN)CC1.Cl. The van der Waals surface area contributed by atoms with Crippen molar-refractivity contribution in [1.29, 1.82) is 0 Å². The van der Waals surface area contributed by atoms with Gasteiger partial charge in [-0.25, -0.2) is 0 Å². The third-order valence-corrected chi connectivity index (χ3v) is 3.09.